The Bertz CT molecular complexity index is 1190. The lowest BCUT2D eigenvalue weighted by Gasteiger charge is -2.25. The maximum Gasteiger partial charge on any atom is 0.341 e. The zero-order valence-corrected chi connectivity index (χ0v) is 17.5. The highest BCUT2D eigenvalue weighted by atomic mass is 16.4. The maximum atomic E-state index is 12.8. The van der Waals surface area contributed by atoms with Crippen LogP contribution in [0.2, 0.25) is 0 Å². The minimum atomic E-state index is -1.17. The summed E-state index contributed by atoms with van der Waals surface area (Å²) >= 11 is 0. The summed E-state index contributed by atoms with van der Waals surface area (Å²) in [5.41, 5.74) is 2.46. The molecule has 1 saturated heterocycles. The van der Waals surface area contributed by atoms with E-state index < -0.39 is 11.4 Å². The number of anilines is 1. The van der Waals surface area contributed by atoms with Gasteiger partial charge < -0.3 is 19.9 Å². The van der Waals surface area contributed by atoms with Gasteiger partial charge in [0.1, 0.15) is 5.56 Å². The molecule has 0 amide bonds. The highest BCUT2D eigenvalue weighted by molar-refractivity contribution is 5.95. The summed E-state index contributed by atoms with van der Waals surface area (Å²) in [5, 5.41) is 22.3. The van der Waals surface area contributed by atoms with Gasteiger partial charge >= 0.3 is 5.97 Å². The first-order valence-electron chi connectivity index (χ1n) is 10.9. The topological polar surface area (TPSA) is 98.4 Å². The zero-order chi connectivity index (χ0) is 21.7. The van der Waals surface area contributed by atoms with Crippen LogP contribution in [0.5, 0.6) is 0 Å². The Morgan fingerprint density at radius 1 is 1.29 bits per heavy atom. The lowest BCUT2D eigenvalue weighted by Crippen LogP contribution is -2.36. The van der Waals surface area contributed by atoms with E-state index in [9.17, 15) is 14.7 Å². The number of rotatable bonds is 6. The average molecular weight is 418 g/mol. The first-order chi connectivity index (χ1) is 15.0. The van der Waals surface area contributed by atoms with Crippen LogP contribution in [0.15, 0.2) is 35.3 Å². The molecule has 7 nitrogen and oxygen atoms in total. The number of carboxylic acids is 1. The second-order valence-corrected chi connectivity index (χ2v) is 8.93. The molecule has 2 aromatic rings. The van der Waals surface area contributed by atoms with Gasteiger partial charge in [0.2, 0.25) is 5.43 Å². The third kappa shape index (κ3) is 3.31. The summed E-state index contributed by atoms with van der Waals surface area (Å²) in [6.07, 6.45) is 8.58. The van der Waals surface area contributed by atoms with E-state index >= 15 is 0 Å². The van der Waals surface area contributed by atoms with Crippen molar-refractivity contribution in [1.29, 1.82) is 5.26 Å². The summed E-state index contributed by atoms with van der Waals surface area (Å²) in [7, 11) is 0. The minimum absolute atomic E-state index is 0.154. The molecule has 7 heteroatoms. The van der Waals surface area contributed by atoms with E-state index in [1.165, 1.54) is 6.20 Å². The predicted octanol–water partition coefficient (Wildman–Crippen LogP) is 2.84. The van der Waals surface area contributed by atoms with Crippen molar-refractivity contribution >= 4 is 22.6 Å². The molecule has 160 valence electrons. The SMILES string of the molecule is Cc1c(N2CC3C=CC(NCCC#N)C3C2)ccc2c(=O)c(C(=O)O)cn(C3CC3)c12. The van der Waals surface area contributed by atoms with Gasteiger partial charge in [-0.25, -0.2) is 4.79 Å². The van der Waals surface area contributed by atoms with Gasteiger partial charge in [0, 0.05) is 67.2 Å². The van der Waals surface area contributed by atoms with Crippen molar-refractivity contribution in [3.63, 3.8) is 0 Å². The van der Waals surface area contributed by atoms with Gasteiger partial charge in [-0.2, -0.15) is 5.26 Å². The van der Waals surface area contributed by atoms with Crippen LogP contribution in [0, 0.1) is 30.1 Å². The molecular formula is C24H26N4O3. The second kappa shape index (κ2) is 7.54. The van der Waals surface area contributed by atoms with Gasteiger partial charge in [-0.1, -0.05) is 12.2 Å². The third-order valence-corrected chi connectivity index (χ3v) is 6.99. The molecular weight excluding hydrogens is 392 g/mol. The van der Waals surface area contributed by atoms with E-state index in [0.717, 1.165) is 42.7 Å². The highest BCUT2D eigenvalue weighted by Crippen LogP contribution is 2.41. The Kier molecular flexibility index (Phi) is 4.82. The highest BCUT2D eigenvalue weighted by Gasteiger charge is 2.39. The van der Waals surface area contributed by atoms with Crippen molar-refractivity contribution in [2.45, 2.75) is 38.3 Å². The number of aromatic nitrogens is 1. The fourth-order valence-corrected chi connectivity index (χ4v) is 5.30. The molecule has 3 aliphatic rings. The largest absolute Gasteiger partial charge is 0.477 e. The van der Waals surface area contributed by atoms with Crippen LogP contribution >= 0.6 is 0 Å². The van der Waals surface area contributed by atoms with Crippen molar-refractivity contribution in [2.24, 2.45) is 11.8 Å². The molecule has 2 heterocycles. The summed E-state index contributed by atoms with van der Waals surface area (Å²) in [6.45, 7) is 4.58. The molecule has 5 rings (SSSR count). The quantitative estimate of drug-likeness (QED) is 0.553. The van der Waals surface area contributed by atoms with E-state index in [-0.39, 0.29) is 17.6 Å². The second-order valence-electron chi connectivity index (χ2n) is 8.93. The number of nitrogens with one attached hydrogen (secondary N) is 1. The summed E-state index contributed by atoms with van der Waals surface area (Å²) in [4.78, 5) is 26.8. The van der Waals surface area contributed by atoms with Gasteiger partial charge in [-0.3, -0.25) is 4.79 Å². The fourth-order valence-electron chi connectivity index (χ4n) is 5.30. The van der Waals surface area contributed by atoms with Gasteiger partial charge in [0.25, 0.3) is 0 Å². The van der Waals surface area contributed by atoms with E-state index in [0.29, 0.717) is 30.2 Å². The van der Waals surface area contributed by atoms with Gasteiger partial charge in [0.05, 0.1) is 11.6 Å². The molecule has 2 N–H and O–H groups in total. The maximum absolute atomic E-state index is 12.8. The van der Waals surface area contributed by atoms with Crippen LogP contribution in [0.1, 0.15) is 41.2 Å². The zero-order valence-electron chi connectivity index (χ0n) is 17.5. The lowest BCUT2D eigenvalue weighted by atomic mass is 9.96. The molecule has 31 heavy (non-hydrogen) atoms. The summed E-state index contributed by atoms with van der Waals surface area (Å²) in [6, 6.07) is 6.52. The third-order valence-electron chi connectivity index (χ3n) is 6.99. The molecule has 2 fully saturated rings. The Balaban J connectivity index is 1.50. The standard InChI is InChI=1S/C24H26N4O3/c1-14-21(27-11-15-3-7-20(18(15)12-27)26-10-2-9-25)8-6-17-22(14)28(16-4-5-16)13-19(23(17)29)24(30)31/h3,6-8,13,15-16,18,20,26H,2,4-5,10-12H2,1H3,(H,30,31). The molecule has 0 radical (unpaired) electrons. The smallest absolute Gasteiger partial charge is 0.341 e. The molecule has 0 bridgehead atoms. The number of fused-ring (bicyclic) bond motifs is 2. The number of hydrogen-bond donors (Lipinski definition) is 2. The number of nitrogens with zero attached hydrogens (tertiary/aromatic N) is 3. The van der Waals surface area contributed by atoms with Crippen molar-refractivity contribution in [3.05, 3.63) is 51.8 Å². The van der Waals surface area contributed by atoms with Gasteiger partial charge in [-0.15, -0.1) is 0 Å². The number of carboxylic acid groups (broad SMARTS) is 1. The van der Waals surface area contributed by atoms with Crippen LogP contribution in [0.4, 0.5) is 5.69 Å². The Hall–Kier alpha value is -3.11. The number of pyridine rings is 1. The number of hydrogen-bond acceptors (Lipinski definition) is 5. The normalized spacial score (nSPS) is 24.5. The molecule has 0 spiro atoms. The first-order valence-corrected chi connectivity index (χ1v) is 10.9. The van der Waals surface area contributed by atoms with Crippen LogP contribution in [-0.2, 0) is 0 Å². The molecule has 1 aliphatic heterocycles. The number of aromatic carboxylic acids is 1. The van der Waals surface area contributed by atoms with Crippen molar-refractivity contribution in [2.75, 3.05) is 24.5 Å². The molecule has 3 unspecified atom stereocenters. The molecule has 2 aliphatic carbocycles. The van der Waals surface area contributed by atoms with E-state index in [1.807, 2.05) is 17.6 Å². The van der Waals surface area contributed by atoms with E-state index in [1.54, 1.807) is 6.07 Å². The molecule has 1 aromatic carbocycles. The predicted molar refractivity (Wildman–Crippen MR) is 119 cm³/mol. The molecule has 1 aromatic heterocycles. The van der Waals surface area contributed by atoms with Crippen molar-refractivity contribution < 1.29 is 9.90 Å². The Morgan fingerprint density at radius 2 is 2.10 bits per heavy atom. The van der Waals surface area contributed by atoms with Crippen LogP contribution in [0.3, 0.4) is 0 Å². The van der Waals surface area contributed by atoms with Crippen LogP contribution < -0.4 is 15.6 Å². The van der Waals surface area contributed by atoms with Crippen molar-refractivity contribution in [3.8, 4) is 6.07 Å². The van der Waals surface area contributed by atoms with E-state index in [4.69, 9.17) is 5.26 Å². The van der Waals surface area contributed by atoms with Gasteiger partial charge in [-0.05, 0) is 37.5 Å². The number of aryl methyl sites for hydroxylation is 1. The average Bonchev–Trinajstić information content (AvgIpc) is 3.40. The first kappa shape index (κ1) is 19.8. The summed E-state index contributed by atoms with van der Waals surface area (Å²) < 4.78 is 2.02. The monoisotopic (exact) mass is 418 g/mol. The molecule has 1 saturated carbocycles. The van der Waals surface area contributed by atoms with E-state index in [2.05, 4.69) is 28.4 Å². The van der Waals surface area contributed by atoms with Crippen LogP contribution in [-0.4, -0.2) is 41.3 Å². The number of carbonyl (C=O) groups is 1. The minimum Gasteiger partial charge on any atom is -0.477 e. The number of benzene rings is 1. The summed E-state index contributed by atoms with van der Waals surface area (Å²) in [5.74, 6) is -0.236. The van der Waals surface area contributed by atoms with Gasteiger partial charge in [0.15, 0.2) is 0 Å². The fraction of sp³-hybridized carbons (Fsp3) is 0.458. The lowest BCUT2D eigenvalue weighted by molar-refractivity contribution is 0.0695. The number of nitriles is 1. The Morgan fingerprint density at radius 3 is 2.81 bits per heavy atom. The molecule has 3 atom stereocenters. The van der Waals surface area contributed by atoms with Crippen LogP contribution in [0.25, 0.3) is 10.9 Å². The Labute approximate surface area is 180 Å². The van der Waals surface area contributed by atoms with Crippen molar-refractivity contribution in [1.82, 2.24) is 9.88 Å².